The number of benzene rings is 1. The Bertz CT molecular complexity index is 972. The van der Waals surface area contributed by atoms with Gasteiger partial charge in [0, 0.05) is 37.1 Å². The summed E-state index contributed by atoms with van der Waals surface area (Å²) in [6.07, 6.45) is 5.42. The third kappa shape index (κ3) is 4.59. The van der Waals surface area contributed by atoms with E-state index in [4.69, 9.17) is 4.74 Å². The number of anilines is 2. The largest absolute Gasteiger partial charge is 0.494 e. The number of aromatic amines is 1. The van der Waals surface area contributed by atoms with E-state index in [1.165, 1.54) is 0 Å². The first-order valence-corrected chi connectivity index (χ1v) is 10.0. The molecule has 8 nitrogen and oxygen atoms in total. The van der Waals surface area contributed by atoms with E-state index in [0.29, 0.717) is 6.61 Å². The Morgan fingerprint density at radius 2 is 2.28 bits per heavy atom. The Kier molecular flexibility index (Phi) is 5.79. The molecule has 1 atom stereocenters. The molecule has 1 amide bonds. The molecule has 0 bridgehead atoms. The minimum absolute atomic E-state index is 0.0202. The summed E-state index contributed by atoms with van der Waals surface area (Å²) < 4.78 is 5.49. The van der Waals surface area contributed by atoms with E-state index >= 15 is 0 Å². The summed E-state index contributed by atoms with van der Waals surface area (Å²) in [7, 11) is 0. The highest BCUT2D eigenvalue weighted by Crippen LogP contribution is 2.25. The van der Waals surface area contributed by atoms with Gasteiger partial charge < -0.3 is 25.3 Å². The van der Waals surface area contributed by atoms with Gasteiger partial charge in [0.05, 0.1) is 18.5 Å². The molecule has 1 aromatic carbocycles. The number of hydrogen-bond acceptors (Lipinski definition) is 6. The highest BCUT2D eigenvalue weighted by Gasteiger charge is 2.23. The molecule has 152 valence electrons. The lowest BCUT2D eigenvalue weighted by Crippen LogP contribution is -2.49. The van der Waals surface area contributed by atoms with Gasteiger partial charge in [-0.25, -0.2) is 9.97 Å². The van der Waals surface area contributed by atoms with Crippen LogP contribution in [0, 0.1) is 0 Å². The number of amides is 1. The molecule has 1 aliphatic heterocycles. The number of piperidine rings is 1. The molecule has 0 radical (unpaired) electrons. The molecular weight excluding hydrogens is 368 g/mol. The van der Waals surface area contributed by atoms with Crippen molar-refractivity contribution in [2.75, 3.05) is 36.5 Å². The number of ether oxygens (including phenoxy) is 1. The second-order valence-electron chi connectivity index (χ2n) is 7.10. The standard InChI is InChI=1S/C21H26N6O2/c1-2-29-17-7-3-5-15(11-17)23-12-19(28)26-16-6-4-10-27(13-16)21-18-8-9-22-20(18)24-14-25-21/h3,5,7-9,11,14,16,23H,2,4,6,10,12-13H2,1H3,(H,26,28)(H,22,24,25)/t16-/m1/s1. The molecule has 0 spiro atoms. The number of carbonyl (C=O) groups excluding carboxylic acids is 1. The van der Waals surface area contributed by atoms with E-state index in [0.717, 1.165) is 54.2 Å². The van der Waals surface area contributed by atoms with Crippen molar-refractivity contribution < 1.29 is 9.53 Å². The molecule has 3 heterocycles. The maximum atomic E-state index is 12.5. The van der Waals surface area contributed by atoms with Crippen molar-refractivity contribution in [3.63, 3.8) is 0 Å². The van der Waals surface area contributed by atoms with Crippen molar-refractivity contribution in [2.24, 2.45) is 0 Å². The van der Waals surface area contributed by atoms with Crippen molar-refractivity contribution in [3.8, 4) is 5.75 Å². The van der Waals surface area contributed by atoms with Gasteiger partial charge in [0.2, 0.25) is 5.91 Å². The van der Waals surface area contributed by atoms with Crippen LogP contribution in [-0.4, -0.2) is 53.1 Å². The minimum Gasteiger partial charge on any atom is -0.494 e. The molecule has 8 heteroatoms. The van der Waals surface area contributed by atoms with Crippen molar-refractivity contribution in [1.29, 1.82) is 0 Å². The number of rotatable bonds is 7. The quantitative estimate of drug-likeness (QED) is 0.570. The normalized spacial score (nSPS) is 16.6. The van der Waals surface area contributed by atoms with Crippen LogP contribution in [0.4, 0.5) is 11.5 Å². The van der Waals surface area contributed by atoms with Gasteiger partial charge in [-0.2, -0.15) is 0 Å². The molecule has 3 aromatic rings. The zero-order valence-electron chi connectivity index (χ0n) is 16.5. The van der Waals surface area contributed by atoms with E-state index in [9.17, 15) is 4.79 Å². The van der Waals surface area contributed by atoms with Crippen molar-refractivity contribution in [3.05, 3.63) is 42.9 Å². The third-order valence-corrected chi connectivity index (χ3v) is 5.02. The lowest BCUT2D eigenvalue weighted by Gasteiger charge is -2.34. The molecule has 0 aliphatic carbocycles. The molecule has 0 saturated carbocycles. The molecule has 3 N–H and O–H groups in total. The molecule has 1 saturated heterocycles. The van der Waals surface area contributed by atoms with E-state index in [2.05, 4.69) is 30.5 Å². The fourth-order valence-electron chi connectivity index (χ4n) is 3.72. The predicted molar refractivity (Wildman–Crippen MR) is 113 cm³/mol. The smallest absolute Gasteiger partial charge is 0.239 e. The number of H-pyrrole nitrogens is 1. The second kappa shape index (κ2) is 8.81. The number of nitrogens with zero attached hydrogens (tertiary/aromatic N) is 3. The number of nitrogens with one attached hydrogen (secondary N) is 3. The van der Waals surface area contributed by atoms with E-state index in [-0.39, 0.29) is 18.5 Å². The first kappa shape index (κ1) is 19.0. The van der Waals surface area contributed by atoms with Crippen LogP contribution in [0.1, 0.15) is 19.8 Å². The molecular formula is C21H26N6O2. The van der Waals surface area contributed by atoms with Crippen LogP contribution in [-0.2, 0) is 4.79 Å². The van der Waals surface area contributed by atoms with Crippen LogP contribution in [0.15, 0.2) is 42.9 Å². The lowest BCUT2D eigenvalue weighted by atomic mass is 10.1. The van der Waals surface area contributed by atoms with Gasteiger partial charge in [-0.3, -0.25) is 4.79 Å². The Morgan fingerprint density at radius 1 is 1.34 bits per heavy atom. The second-order valence-corrected chi connectivity index (χ2v) is 7.10. The van der Waals surface area contributed by atoms with Crippen LogP contribution >= 0.6 is 0 Å². The average Bonchev–Trinajstić information content (AvgIpc) is 3.22. The Labute approximate surface area is 169 Å². The summed E-state index contributed by atoms with van der Waals surface area (Å²) in [6.45, 7) is 4.45. The predicted octanol–water partition coefficient (Wildman–Crippen LogP) is 2.55. The first-order chi connectivity index (χ1) is 14.2. The summed E-state index contributed by atoms with van der Waals surface area (Å²) in [5.41, 5.74) is 1.70. The Balaban J connectivity index is 1.33. The van der Waals surface area contributed by atoms with E-state index < -0.39 is 0 Å². The van der Waals surface area contributed by atoms with E-state index in [1.807, 2.05) is 43.5 Å². The van der Waals surface area contributed by atoms with Gasteiger partial charge in [-0.1, -0.05) is 6.07 Å². The number of aromatic nitrogens is 3. The summed E-state index contributed by atoms with van der Waals surface area (Å²) >= 11 is 0. The first-order valence-electron chi connectivity index (χ1n) is 10.0. The van der Waals surface area contributed by atoms with Gasteiger partial charge in [0.1, 0.15) is 23.5 Å². The summed E-state index contributed by atoms with van der Waals surface area (Å²) in [5, 5.41) is 7.32. The minimum atomic E-state index is -0.0202. The van der Waals surface area contributed by atoms with Gasteiger partial charge in [0.25, 0.3) is 0 Å². The zero-order chi connectivity index (χ0) is 20.1. The topological polar surface area (TPSA) is 95.2 Å². The number of carbonyl (C=O) groups is 1. The highest BCUT2D eigenvalue weighted by atomic mass is 16.5. The SMILES string of the molecule is CCOc1cccc(NCC(=O)N[C@@H]2CCCN(c3ncnc4[nH]ccc34)C2)c1. The van der Waals surface area contributed by atoms with Crippen molar-refractivity contribution in [1.82, 2.24) is 20.3 Å². The fourth-order valence-corrected chi connectivity index (χ4v) is 3.72. The van der Waals surface area contributed by atoms with Crippen LogP contribution in [0.2, 0.25) is 0 Å². The maximum Gasteiger partial charge on any atom is 0.239 e. The van der Waals surface area contributed by atoms with Gasteiger partial charge in [-0.05, 0) is 38.0 Å². The van der Waals surface area contributed by atoms with Crippen LogP contribution in [0.25, 0.3) is 11.0 Å². The molecule has 2 aromatic heterocycles. The molecule has 1 fully saturated rings. The van der Waals surface area contributed by atoms with Gasteiger partial charge >= 0.3 is 0 Å². The van der Waals surface area contributed by atoms with E-state index in [1.54, 1.807) is 6.33 Å². The van der Waals surface area contributed by atoms with Crippen molar-refractivity contribution >= 4 is 28.4 Å². The summed E-state index contributed by atoms with van der Waals surface area (Å²) in [4.78, 5) is 26.5. The van der Waals surface area contributed by atoms with Crippen molar-refractivity contribution in [2.45, 2.75) is 25.8 Å². The maximum absolute atomic E-state index is 12.5. The number of hydrogen-bond donors (Lipinski definition) is 3. The van der Waals surface area contributed by atoms with Crippen LogP contribution < -0.4 is 20.3 Å². The summed E-state index contributed by atoms with van der Waals surface area (Å²) in [5.74, 6) is 1.69. The monoisotopic (exact) mass is 394 g/mol. The number of fused-ring (bicyclic) bond motifs is 1. The lowest BCUT2D eigenvalue weighted by molar-refractivity contribution is -0.120. The zero-order valence-corrected chi connectivity index (χ0v) is 16.5. The average molecular weight is 394 g/mol. The van der Waals surface area contributed by atoms with Crippen LogP contribution in [0.5, 0.6) is 5.75 Å². The molecule has 4 rings (SSSR count). The Morgan fingerprint density at radius 3 is 3.17 bits per heavy atom. The van der Waals surface area contributed by atoms with Gasteiger partial charge in [-0.15, -0.1) is 0 Å². The Hall–Kier alpha value is -3.29. The molecule has 29 heavy (non-hydrogen) atoms. The fraction of sp³-hybridized carbons (Fsp3) is 0.381. The van der Waals surface area contributed by atoms with Crippen LogP contribution in [0.3, 0.4) is 0 Å². The van der Waals surface area contributed by atoms with Gasteiger partial charge in [0.15, 0.2) is 0 Å². The third-order valence-electron chi connectivity index (χ3n) is 5.02. The molecule has 0 unspecified atom stereocenters. The highest BCUT2D eigenvalue weighted by molar-refractivity contribution is 5.87. The molecule has 1 aliphatic rings. The summed E-state index contributed by atoms with van der Waals surface area (Å²) in [6, 6.07) is 9.73.